The van der Waals surface area contributed by atoms with Crippen LogP contribution >= 0.6 is 0 Å². The van der Waals surface area contributed by atoms with Gasteiger partial charge in [-0.05, 0) is 5.16 Å². The molecule has 4 N–H and O–H groups in total. The highest BCUT2D eigenvalue weighted by atomic mass is 16.5. The van der Waals surface area contributed by atoms with Crippen LogP contribution in [0.15, 0.2) is 34.9 Å². The van der Waals surface area contributed by atoms with E-state index >= 15 is 0 Å². The van der Waals surface area contributed by atoms with Gasteiger partial charge < -0.3 is 25.2 Å². The van der Waals surface area contributed by atoms with E-state index in [0.717, 1.165) is 0 Å². The number of carboxylic acid groups (broad SMARTS) is 2. The molecule has 2 aromatic rings. The molecule has 0 saturated heterocycles. The van der Waals surface area contributed by atoms with Gasteiger partial charge in [-0.1, -0.05) is 30.3 Å². The molecule has 0 aliphatic rings. The minimum Gasteiger partial charge on any atom is -0.480 e. The predicted molar refractivity (Wildman–Crippen MR) is 74.4 cm³/mol. The third-order valence-corrected chi connectivity index (χ3v) is 2.86. The first-order chi connectivity index (χ1) is 10.5. The summed E-state index contributed by atoms with van der Waals surface area (Å²) in [7, 11) is 0. The molecule has 0 fully saturated rings. The molecule has 22 heavy (non-hydrogen) atoms. The van der Waals surface area contributed by atoms with E-state index in [1.165, 1.54) is 0 Å². The average molecular weight is 306 g/mol. The normalized spacial score (nSPS) is 11.9. The Morgan fingerprint density at radius 3 is 2.55 bits per heavy atom. The molecule has 8 nitrogen and oxygen atoms in total. The number of nitrogens with zero attached hydrogens (tertiary/aromatic N) is 1. The quantitative estimate of drug-likeness (QED) is 0.682. The summed E-state index contributed by atoms with van der Waals surface area (Å²) >= 11 is 0. The number of aliphatic carboxylic acids is 2. The van der Waals surface area contributed by atoms with Crippen LogP contribution in [-0.4, -0.2) is 40.0 Å². The minimum atomic E-state index is -1.19. The summed E-state index contributed by atoms with van der Waals surface area (Å²) < 4.78 is 10.2. The van der Waals surface area contributed by atoms with Gasteiger partial charge in [-0.15, -0.1) is 0 Å². The molecule has 1 heterocycles. The summed E-state index contributed by atoms with van der Waals surface area (Å²) in [5, 5.41) is 21.3. The van der Waals surface area contributed by atoms with Crippen molar-refractivity contribution in [2.45, 2.75) is 12.5 Å². The summed E-state index contributed by atoms with van der Waals surface area (Å²) in [6.45, 7) is -0.615. The molecular weight excluding hydrogens is 292 g/mol. The lowest BCUT2D eigenvalue weighted by atomic mass is 10.0. The van der Waals surface area contributed by atoms with E-state index in [0.29, 0.717) is 16.9 Å². The maximum Gasteiger partial charge on any atom is 0.341 e. The number of carboxylic acids is 2. The molecule has 0 amide bonds. The lowest BCUT2D eigenvalue weighted by molar-refractivity contribution is -0.140. The van der Waals surface area contributed by atoms with Crippen LogP contribution < -0.4 is 10.5 Å². The molecule has 8 heteroatoms. The van der Waals surface area contributed by atoms with Crippen LogP contribution in [0.3, 0.4) is 0 Å². The molecule has 116 valence electrons. The number of rotatable bonds is 7. The highest BCUT2D eigenvalue weighted by Gasteiger charge is 2.24. The molecular formula is C14H14N2O6. The zero-order chi connectivity index (χ0) is 16.1. The smallest absolute Gasteiger partial charge is 0.341 e. The van der Waals surface area contributed by atoms with Crippen LogP contribution in [0.5, 0.6) is 5.88 Å². The second-order valence-corrected chi connectivity index (χ2v) is 4.49. The fourth-order valence-corrected chi connectivity index (χ4v) is 1.84. The van der Waals surface area contributed by atoms with Crippen LogP contribution in [0.1, 0.15) is 5.56 Å². The summed E-state index contributed by atoms with van der Waals surface area (Å²) in [4.78, 5) is 21.5. The van der Waals surface area contributed by atoms with E-state index in [4.69, 9.17) is 25.2 Å². The Kier molecular flexibility index (Phi) is 4.74. The Bertz CT molecular complexity index is 667. The van der Waals surface area contributed by atoms with Crippen LogP contribution in [0.2, 0.25) is 0 Å². The second-order valence-electron chi connectivity index (χ2n) is 4.49. The molecule has 0 spiro atoms. The SMILES string of the molecule is N[C@@H](Cc1c(OCC(=O)O)noc1-c1ccccc1)C(=O)O. The van der Waals surface area contributed by atoms with Crippen molar-refractivity contribution in [2.24, 2.45) is 5.73 Å². The van der Waals surface area contributed by atoms with E-state index in [1.807, 2.05) is 6.07 Å². The van der Waals surface area contributed by atoms with Crippen LogP contribution in [0, 0.1) is 0 Å². The van der Waals surface area contributed by atoms with E-state index in [2.05, 4.69) is 5.16 Å². The van der Waals surface area contributed by atoms with Crippen molar-refractivity contribution >= 4 is 11.9 Å². The van der Waals surface area contributed by atoms with Gasteiger partial charge in [0, 0.05) is 12.0 Å². The average Bonchev–Trinajstić information content (AvgIpc) is 2.88. The van der Waals surface area contributed by atoms with Gasteiger partial charge in [-0.3, -0.25) is 4.79 Å². The van der Waals surface area contributed by atoms with Gasteiger partial charge in [0.25, 0.3) is 5.88 Å². The summed E-state index contributed by atoms with van der Waals surface area (Å²) in [6, 6.07) is 7.67. The van der Waals surface area contributed by atoms with E-state index in [1.54, 1.807) is 24.3 Å². The lowest BCUT2D eigenvalue weighted by Crippen LogP contribution is -2.32. The molecule has 2 rings (SSSR count). The largest absolute Gasteiger partial charge is 0.480 e. The summed E-state index contributed by atoms with van der Waals surface area (Å²) in [6.07, 6.45) is -0.0992. The topological polar surface area (TPSA) is 136 Å². The predicted octanol–water partition coefficient (Wildman–Crippen LogP) is 0.759. The Morgan fingerprint density at radius 1 is 1.27 bits per heavy atom. The van der Waals surface area contributed by atoms with Gasteiger partial charge in [0.2, 0.25) is 0 Å². The number of aromatic nitrogens is 1. The molecule has 0 aliphatic carbocycles. The van der Waals surface area contributed by atoms with Gasteiger partial charge in [0.15, 0.2) is 12.4 Å². The van der Waals surface area contributed by atoms with Crippen LogP contribution in [0.4, 0.5) is 0 Å². The first-order valence-corrected chi connectivity index (χ1v) is 6.36. The Balaban J connectivity index is 2.36. The highest BCUT2D eigenvalue weighted by molar-refractivity contribution is 5.75. The van der Waals surface area contributed by atoms with E-state index < -0.39 is 24.6 Å². The number of hydrogen-bond acceptors (Lipinski definition) is 6. The Labute approximate surface area is 125 Å². The number of hydrogen-bond donors (Lipinski definition) is 3. The number of nitrogens with two attached hydrogens (primary N) is 1. The third-order valence-electron chi connectivity index (χ3n) is 2.86. The second kappa shape index (κ2) is 6.72. The van der Waals surface area contributed by atoms with Crippen molar-refractivity contribution in [2.75, 3.05) is 6.61 Å². The maximum atomic E-state index is 10.9. The van der Waals surface area contributed by atoms with E-state index in [9.17, 15) is 9.59 Å². The van der Waals surface area contributed by atoms with Gasteiger partial charge in [0.05, 0.1) is 5.56 Å². The summed E-state index contributed by atoms with van der Waals surface area (Å²) in [5.41, 5.74) is 6.52. The molecule has 0 aliphatic heterocycles. The Morgan fingerprint density at radius 2 is 1.95 bits per heavy atom. The van der Waals surface area contributed by atoms with E-state index in [-0.39, 0.29) is 12.3 Å². The molecule has 0 radical (unpaired) electrons. The molecule has 0 saturated carbocycles. The summed E-state index contributed by atoms with van der Waals surface area (Å²) in [5.74, 6) is -2.14. The highest BCUT2D eigenvalue weighted by Crippen LogP contribution is 2.31. The molecule has 1 aromatic carbocycles. The standard InChI is InChI=1S/C14H14N2O6/c15-10(14(19)20)6-9-12(8-4-2-1-3-5-8)22-16-13(9)21-7-11(17)18/h1-5,10H,6-7,15H2,(H,17,18)(H,19,20)/t10-/m0/s1. The van der Waals surface area contributed by atoms with Crippen molar-refractivity contribution < 1.29 is 29.1 Å². The Hall–Kier alpha value is -2.87. The first-order valence-electron chi connectivity index (χ1n) is 6.36. The zero-order valence-corrected chi connectivity index (χ0v) is 11.4. The molecule has 0 unspecified atom stereocenters. The molecule has 0 bridgehead atoms. The number of benzene rings is 1. The monoisotopic (exact) mass is 306 g/mol. The van der Waals surface area contributed by atoms with Crippen molar-refractivity contribution in [1.29, 1.82) is 0 Å². The van der Waals surface area contributed by atoms with Crippen LogP contribution in [-0.2, 0) is 16.0 Å². The fourth-order valence-electron chi connectivity index (χ4n) is 1.84. The van der Waals surface area contributed by atoms with Gasteiger partial charge in [0.1, 0.15) is 6.04 Å². The van der Waals surface area contributed by atoms with Crippen molar-refractivity contribution in [1.82, 2.24) is 5.16 Å². The van der Waals surface area contributed by atoms with Crippen molar-refractivity contribution in [3.63, 3.8) is 0 Å². The third kappa shape index (κ3) is 3.61. The number of ether oxygens (including phenoxy) is 1. The van der Waals surface area contributed by atoms with Gasteiger partial charge in [-0.2, -0.15) is 0 Å². The van der Waals surface area contributed by atoms with Gasteiger partial charge in [-0.25, -0.2) is 4.79 Å². The van der Waals surface area contributed by atoms with Crippen molar-refractivity contribution in [3.8, 4) is 17.2 Å². The van der Waals surface area contributed by atoms with Gasteiger partial charge >= 0.3 is 11.9 Å². The molecule has 1 atom stereocenters. The number of carbonyl (C=O) groups is 2. The molecule has 1 aromatic heterocycles. The zero-order valence-electron chi connectivity index (χ0n) is 11.4. The minimum absolute atomic E-state index is 0.0713. The van der Waals surface area contributed by atoms with Crippen LogP contribution in [0.25, 0.3) is 11.3 Å². The fraction of sp³-hybridized carbons (Fsp3) is 0.214. The first kappa shape index (κ1) is 15.5. The maximum absolute atomic E-state index is 10.9. The lowest BCUT2D eigenvalue weighted by Gasteiger charge is -2.08. The van der Waals surface area contributed by atoms with Crippen molar-refractivity contribution in [3.05, 3.63) is 35.9 Å².